The van der Waals surface area contributed by atoms with Gasteiger partial charge in [0.2, 0.25) is 0 Å². The number of phenolic OH excluding ortho intramolecular Hbond substituents is 2. The minimum absolute atomic E-state index is 0.0855. The van der Waals surface area contributed by atoms with Crippen LogP contribution in [0.15, 0.2) is 12.1 Å². The molecule has 1 aromatic carbocycles. The lowest BCUT2D eigenvalue weighted by molar-refractivity contribution is 0.177. The van der Waals surface area contributed by atoms with Crippen molar-refractivity contribution in [2.75, 3.05) is 38.5 Å². The largest absolute Gasteiger partial charge is 0.504 e. The fraction of sp³-hybridized carbons (Fsp3) is 0.591. The Morgan fingerprint density at radius 2 is 1.71 bits per heavy atom. The van der Waals surface area contributed by atoms with E-state index >= 15 is 0 Å². The summed E-state index contributed by atoms with van der Waals surface area (Å²) in [6, 6.07) is 4.26. The third kappa shape index (κ3) is 3.76. The number of anilines is 1. The minimum atomic E-state index is -0.109. The molecule has 0 atom stereocenters. The SMILES string of the molecule is CC(C)N1CCC(Nc2c3c(nc4cc(O)c(O)cc24)CCN(C)CC3)CC1. The molecule has 0 aliphatic carbocycles. The number of likely N-dealkylation sites (tertiary alicyclic amines) is 1. The van der Waals surface area contributed by atoms with Gasteiger partial charge < -0.3 is 25.3 Å². The first kappa shape index (κ1) is 19.3. The van der Waals surface area contributed by atoms with E-state index in [2.05, 4.69) is 36.0 Å². The first-order valence-electron chi connectivity index (χ1n) is 10.5. The number of nitrogens with one attached hydrogen (secondary N) is 1. The van der Waals surface area contributed by atoms with Crippen LogP contribution in [0, 0.1) is 0 Å². The van der Waals surface area contributed by atoms with Gasteiger partial charge in [0.15, 0.2) is 11.5 Å². The Bertz CT molecular complexity index is 859. The van der Waals surface area contributed by atoms with Crippen molar-refractivity contribution in [3.05, 3.63) is 23.4 Å². The number of aromatic hydroxyl groups is 2. The monoisotopic (exact) mass is 384 g/mol. The van der Waals surface area contributed by atoms with E-state index in [1.165, 1.54) is 5.56 Å². The van der Waals surface area contributed by atoms with Gasteiger partial charge in [0, 0.05) is 67.5 Å². The van der Waals surface area contributed by atoms with Crippen molar-refractivity contribution in [2.24, 2.45) is 0 Å². The number of hydrogen-bond donors (Lipinski definition) is 3. The van der Waals surface area contributed by atoms with Crippen molar-refractivity contribution in [3.8, 4) is 11.5 Å². The highest BCUT2D eigenvalue weighted by Crippen LogP contribution is 2.37. The standard InChI is InChI=1S/C22H32N4O2/c1-14(2)26-10-4-15(5-11-26)23-22-16-6-8-25(3)9-7-18(16)24-19-13-21(28)20(27)12-17(19)22/h12-15,27-28H,4-11H2,1-3H3,(H,23,24). The summed E-state index contributed by atoms with van der Waals surface area (Å²) in [7, 11) is 2.15. The summed E-state index contributed by atoms with van der Waals surface area (Å²) in [5, 5.41) is 24.8. The number of pyridine rings is 1. The van der Waals surface area contributed by atoms with Gasteiger partial charge in [-0.15, -0.1) is 0 Å². The quantitative estimate of drug-likeness (QED) is 0.707. The lowest BCUT2D eigenvalue weighted by atomic mass is 9.98. The maximum absolute atomic E-state index is 10.1. The zero-order valence-corrected chi connectivity index (χ0v) is 17.2. The van der Waals surface area contributed by atoms with E-state index in [0.717, 1.165) is 74.1 Å². The van der Waals surface area contributed by atoms with Crippen molar-refractivity contribution < 1.29 is 10.2 Å². The summed E-state index contributed by atoms with van der Waals surface area (Å²) in [5.74, 6) is -0.195. The summed E-state index contributed by atoms with van der Waals surface area (Å²) in [5.41, 5.74) is 4.24. The van der Waals surface area contributed by atoms with Crippen LogP contribution < -0.4 is 5.32 Å². The molecule has 3 heterocycles. The van der Waals surface area contributed by atoms with Crippen molar-refractivity contribution in [1.82, 2.24) is 14.8 Å². The van der Waals surface area contributed by atoms with Gasteiger partial charge in [0.1, 0.15) is 0 Å². The lowest BCUT2D eigenvalue weighted by Gasteiger charge is -2.36. The minimum Gasteiger partial charge on any atom is -0.504 e. The summed E-state index contributed by atoms with van der Waals surface area (Å²) < 4.78 is 0. The highest BCUT2D eigenvalue weighted by Gasteiger charge is 2.25. The van der Waals surface area contributed by atoms with Crippen LogP contribution in [0.3, 0.4) is 0 Å². The number of piperidine rings is 1. The number of fused-ring (bicyclic) bond motifs is 2. The zero-order valence-electron chi connectivity index (χ0n) is 17.2. The highest BCUT2D eigenvalue weighted by molar-refractivity contribution is 5.95. The summed E-state index contributed by atoms with van der Waals surface area (Å²) >= 11 is 0. The molecular weight excluding hydrogens is 352 g/mol. The summed E-state index contributed by atoms with van der Waals surface area (Å²) in [4.78, 5) is 9.72. The molecule has 1 aromatic heterocycles. The van der Waals surface area contributed by atoms with Gasteiger partial charge in [-0.25, -0.2) is 0 Å². The summed E-state index contributed by atoms with van der Waals surface area (Å²) in [6.07, 6.45) is 4.08. The Balaban J connectivity index is 1.72. The van der Waals surface area contributed by atoms with Gasteiger partial charge in [0.05, 0.1) is 5.52 Å². The van der Waals surface area contributed by atoms with Crippen LogP contribution in [0.1, 0.15) is 37.9 Å². The zero-order chi connectivity index (χ0) is 19.8. The van der Waals surface area contributed by atoms with Crippen molar-refractivity contribution in [2.45, 2.75) is 51.6 Å². The molecule has 0 spiro atoms. The molecule has 6 nitrogen and oxygen atoms in total. The van der Waals surface area contributed by atoms with E-state index in [0.29, 0.717) is 12.1 Å². The molecule has 152 valence electrons. The van der Waals surface area contributed by atoms with Gasteiger partial charge >= 0.3 is 0 Å². The third-order valence-electron chi connectivity index (χ3n) is 6.35. The molecule has 0 saturated carbocycles. The van der Waals surface area contributed by atoms with Crippen LogP contribution in [-0.2, 0) is 12.8 Å². The number of benzene rings is 1. The second kappa shape index (κ2) is 7.76. The second-order valence-corrected chi connectivity index (χ2v) is 8.62. The van der Waals surface area contributed by atoms with Crippen LogP contribution >= 0.6 is 0 Å². The Hall–Kier alpha value is -2.05. The molecule has 4 rings (SSSR count). The third-order valence-corrected chi connectivity index (χ3v) is 6.35. The average molecular weight is 385 g/mol. The van der Waals surface area contributed by atoms with E-state index in [4.69, 9.17) is 4.98 Å². The maximum atomic E-state index is 10.1. The fourth-order valence-corrected chi connectivity index (χ4v) is 4.49. The Morgan fingerprint density at radius 1 is 1.04 bits per heavy atom. The van der Waals surface area contributed by atoms with E-state index < -0.39 is 0 Å². The number of hydrogen-bond acceptors (Lipinski definition) is 6. The van der Waals surface area contributed by atoms with Gasteiger partial charge in [-0.3, -0.25) is 4.98 Å². The van der Waals surface area contributed by atoms with Crippen LogP contribution in [0.25, 0.3) is 10.9 Å². The topological polar surface area (TPSA) is 71.9 Å². The Kier molecular flexibility index (Phi) is 5.34. The van der Waals surface area contributed by atoms with Gasteiger partial charge in [0.25, 0.3) is 0 Å². The second-order valence-electron chi connectivity index (χ2n) is 8.62. The van der Waals surface area contributed by atoms with Crippen molar-refractivity contribution in [1.29, 1.82) is 0 Å². The van der Waals surface area contributed by atoms with E-state index in [9.17, 15) is 10.2 Å². The highest BCUT2D eigenvalue weighted by atomic mass is 16.3. The number of phenols is 2. The molecule has 0 bridgehead atoms. The van der Waals surface area contributed by atoms with Gasteiger partial charge in [-0.1, -0.05) is 0 Å². The number of nitrogens with zero attached hydrogens (tertiary/aromatic N) is 3. The molecule has 1 fully saturated rings. The van der Waals surface area contributed by atoms with Crippen LogP contribution in [0.4, 0.5) is 5.69 Å². The molecule has 3 N–H and O–H groups in total. The maximum Gasteiger partial charge on any atom is 0.159 e. The lowest BCUT2D eigenvalue weighted by Crippen LogP contribution is -2.42. The van der Waals surface area contributed by atoms with Crippen LogP contribution in [0.5, 0.6) is 11.5 Å². The molecule has 0 amide bonds. The molecule has 6 heteroatoms. The van der Waals surface area contributed by atoms with E-state index in [1.807, 2.05) is 0 Å². The fourth-order valence-electron chi connectivity index (χ4n) is 4.49. The molecule has 1 saturated heterocycles. The molecule has 0 radical (unpaired) electrons. The summed E-state index contributed by atoms with van der Waals surface area (Å²) in [6.45, 7) is 8.72. The molecule has 2 aliphatic rings. The Labute approximate surface area is 167 Å². The molecule has 0 unspecified atom stereocenters. The van der Waals surface area contributed by atoms with Crippen molar-refractivity contribution >= 4 is 16.6 Å². The smallest absolute Gasteiger partial charge is 0.159 e. The van der Waals surface area contributed by atoms with Crippen LogP contribution in [0.2, 0.25) is 0 Å². The first-order chi connectivity index (χ1) is 13.4. The normalized spacial score (nSPS) is 19.7. The van der Waals surface area contributed by atoms with E-state index in [1.54, 1.807) is 12.1 Å². The predicted molar refractivity (Wildman–Crippen MR) is 113 cm³/mol. The number of aromatic nitrogens is 1. The predicted octanol–water partition coefficient (Wildman–Crippen LogP) is 2.96. The molecule has 2 aromatic rings. The molecular formula is C22H32N4O2. The van der Waals surface area contributed by atoms with E-state index in [-0.39, 0.29) is 11.5 Å². The van der Waals surface area contributed by atoms with Gasteiger partial charge in [-0.2, -0.15) is 0 Å². The molecule has 2 aliphatic heterocycles. The first-order valence-corrected chi connectivity index (χ1v) is 10.5. The van der Waals surface area contributed by atoms with Crippen LogP contribution in [-0.4, -0.2) is 70.3 Å². The van der Waals surface area contributed by atoms with Crippen molar-refractivity contribution in [3.63, 3.8) is 0 Å². The van der Waals surface area contributed by atoms with Gasteiger partial charge in [-0.05, 0) is 51.8 Å². The Morgan fingerprint density at radius 3 is 2.43 bits per heavy atom. The number of rotatable bonds is 3. The average Bonchev–Trinajstić information content (AvgIpc) is 2.85. The molecule has 28 heavy (non-hydrogen) atoms. The number of likely N-dealkylation sites (N-methyl/N-ethyl adjacent to an activating group) is 1.